The highest BCUT2D eigenvalue weighted by atomic mass is 16.5. The summed E-state index contributed by atoms with van der Waals surface area (Å²) in [6.45, 7) is 7.03. The van der Waals surface area contributed by atoms with Crippen molar-refractivity contribution >= 4 is 17.6 Å². The minimum atomic E-state index is -0.569. The molecule has 2 aromatic heterocycles. The number of imidazole rings is 1. The van der Waals surface area contributed by atoms with Crippen molar-refractivity contribution < 1.29 is 10.0 Å². The third-order valence-electron chi connectivity index (χ3n) is 4.11. The molecule has 0 spiro atoms. The molecule has 0 bridgehead atoms. The summed E-state index contributed by atoms with van der Waals surface area (Å²) in [5, 5.41) is 12.2. The molecule has 27 heavy (non-hydrogen) atoms. The minimum Gasteiger partial charge on any atom is -0.306 e. The van der Waals surface area contributed by atoms with Crippen LogP contribution in [-0.4, -0.2) is 26.0 Å². The van der Waals surface area contributed by atoms with Crippen LogP contribution >= 0.6 is 0 Å². The molecule has 3 rings (SSSR count). The third kappa shape index (κ3) is 4.61. The zero-order valence-electron chi connectivity index (χ0n) is 15.7. The molecule has 3 aromatic rings. The molecular formula is C21H24N4O2. The SMILES string of the molecule is CC(C)(C)NCc1c(-c2ccccc2)nc2ccc(/C=C/C(=O)NO)cn12. The minimum absolute atomic E-state index is 0.0329. The van der Waals surface area contributed by atoms with Crippen LogP contribution in [0.4, 0.5) is 0 Å². The first-order valence-electron chi connectivity index (χ1n) is 8.81. The zero-order valence-corrected chi connectivity index (χ0v) is 15.7. The highest BCUT2D eigenvalue weighted by molar-refractivity contribution is 5.90. The van der Waals surface area contributed by atoms with E-state index in [0.29, 0.717) is 6.54 Å². The lowest BCUT2D eigenvalue weighted by Gasteiger charge is -2.21. The van der Waals surface area contributed by atoms with Crippen molar-refractivity contribution in [2.24, 2.45) is 0 Å². The average Bonchev–Trinajstić information content (AvgIpc) is 3.02. The summed E-state index contributed by atoms with van der Waals surface area (Å²) in [6.07, 6.45) is 4.87. The van der Waals surface area contributed by atoms with E-state index in [4.69, 9.17) is 10.2 Å². The Morgan fingerprint density at radius 2 is 1.93 bits per heavy atom. The molecule has 0 saturated carbocycles. The predicted octanol–water partition coefficient (Wildman–Crippen LogP) is 3.41. The molecule has 0 atom stereocenters. The first-order valence-corrected chi connectivity index (χ1v) is 8.81. The van der Waals surface area contributed by atoms with E-state index in [0.717, 1.165) is 28.2 Å². The van der Waals surface area contributed by atoms with Gasteiger partial charge in [0.1, 0.15) is 5.65 Å². The van der Waals surface area contributed by atoms with E-state index in [2.05, 4.69) is 38.2 Å². The number of nitrogens with zero attached hydrogens (tertiary/aromatic N) is 2. The summed E-state index contributed by atoms with van der Waals surface area (Å²) >= 11 is 0. The number of carbonyl (C=O) groups excluding carboxylic acids is 1. The Hall–Kier alpha value is -2.96. The summed E-state index contributed by atoms with van der Waals surface area (Å²) in [6, 6.07) is 13.9. The molecule has 6 nitrogen and oxygen atoms in total. The van der Waals surface area contributed by atoms with E-state index in [9.17, 15) is 4.79 Å². The summed E-state index contributed by atoms with van der Waals surface area (Å²) in [7, 11) is 0. The van der Waals surface area contributed by atoms with Crippen LogP contribution < -0.4 is 10.8 Å². The van der Waals surface area contributed by atoms with Crippen molar-refractivity contribution in [3.8, 4) is 11.3 Å². The molecule has 1 amide bonds. The maximum atomic E-state index is 11.2. The molecule has 0 aliphatic rings. The summed E-state index contributed by atoms with van der Waals surface area (Å²) in [5.74, 6) is -0.569. The Morgan fingerprint density at radius 3 is 2.59 bits per heavy atom. The molecule has 3 N–H and O–H groups in total. The van der Waals surface area contributed by atoms with Crippen LogP contribution in [0.3, 0.4) is 0 Å². The summed E-state index contributed by atoms with van der Waals surface area (Å²) in [4.78, 5) is 16.1. The van der Waals surface area contributed by atoms with Crippen molar-refractivity contribution in [2.75, 3.05) is 0 Å². The highest BCUT2D eigenvalue weighted by Crippen LogP contribution is 2.25. The van der Waals surface area contributed by atoms with Crippen LogP contribution in [0, 0.1) is 0 Å². The lowest BCUT2D eigenvalue weighted by atomic mass is 10.1. The van der Waals surface area contributed by atoms with Gasteiger partial charge in [-0.1, -0.05) is 30.3 Å². The van der Waals surface area contributed by atoms with Gasteiger partial charge in [0.25, 0.3) is 5.91 Å². The van der Waals surface area contributed by atoms with Gasteiger partial charge in [-0.15, -0.1) is 0 Å². The van der Waals surface area contributed by atoms with Crippen LogP contribution in [0.25, 0.3) is 23.0 Å². The second-order valence-electron chi connectivity index (χ2n) is 7.38. The zero-order chi connectivity index (χ0) is 19.4. The molecule has 0 saturated heterocycles. The van der Waals surface area contributed by atoms with Gasteiger partial charge < -0.3 is 9.72 Å². The first-order chi connectivity index (χ1) is 12.9. The fraction of sp³-hybridized carbons (Fsp3) is 0.238. The number of amides is 1. The molecule has 1 aromatic carbocycles. The van der Waals surface area contributed by atoms with Gasteiger partial charge in [-0.05, 0) is 44.5 Å². The molecule has 140 valence electrons. The van der Waals surface area contributed by atoms with Gasteiger partial charge in [0.05, 0.1) is 11.4 Å². The number of hydrogen-bond acceptors (Lipinski definition) is 4. The predicted molar refractivity (Wildman–Crippen MR) is 106 cm³/mol. The molecule has 2 heterocycles. The van der Waals surface area contributed by atoms with Gasteiger partial charge in [-0.2, -0.15) is 0 Å². The number of benzene rings is 1. The van der Waals surface area contributed by atoms with Crippen LogP contribution in [0.5, 0.6) is 0 Å². The van der Waals surface area contributed by atoms with E-state index in [1.54, 1.807) is 11.6 Å². The second kappa shape index (κ2) is 7.73. The lowest BCUT2D eigenvalue weighted by Crippen LogP contribution is -2.35. The number of hydrogen-bond donors (Lipinski definition) is 3. The van der Waals surface area contributed by atoms with Crippen LogP contribution in [0.1, 0.15) is 32.0 Å². The number of hydroxylamine groups is 1. The maximum absolute atomic E-state index is 11.2. The van der Waals surface area contributed by atoms with Gasteiger partial charge >= 0.3 is 0 Å². The normalized spacial score (nSPS) is 12.0. The number of aromatic nitrogens is 2. The second-order valence-corrected chi connectivity index (χ2v) is 7.38. The number of nitrogens with one attached hydrogen (secondary N) is 2. The van der Waals surface area contributed by atoms with Gasteiger partial charge in [0.15, 0.2) is 0 Å². The number of fused-ring (bicyclic) bond motifs is 1. The monoisotopic (exact) mass is 364 g/mol. The first kappa shape index (κ1) is 18.8. The number of carbonyl (C=O) groups is 1. The van der Waals surface area contributed by atoms with E-state index < -0.39 is 5.91 Å². The standard InChI is InChI=1S/C21H24N4O2/c1-21(2,3)22-13-17-20(16-7-5-4-6-8-16)23-18-11-9-15(14-25(17)18)10-12-19(26)24-27/h4-12,14,22,27H,13H2,1-3H3,(H,24,26)/b12-10+. The molecule has 0 unspecified atom stereocenters. The Bertz CT molecular complexity index is 969. The van der Waals surface area contributed by atoms with Crippen LogP contribution in [0.2, 0.25) is 0 Å². The molecule has 0 aliphatic heterocycles. The van der Waals surface area contributed by atoms with Crippen LogP contribution in [0.15, 0.2) is 54.7 Å². The maximum Gasteiger partial charge on any atom is 0.267 e. The lowest BCUT2D eigenvalue weighted by molar-refractivity contribution is -0.124. The van der Waals surface area contributed by atoms with Crippen molar-refractivity contribution in [3.63, 3.8) is 0 Å². The van der Waals surface area contributed by atoms with Crippen LogP contribution in [-0.2, 0) is 11.3 Å². The van der Waals surface area contributed by atoms with Crippen molar-refractivity contribution in [1.82, 2.24) is 20.2 Å². The van der Waals surface area contributed by atoms with E-state index in [1.807, 2.05) is 40.9 Å². The molecular weight excluding hydrogens is 340 g/mol. The molecule has 0 fully saturated rings. The van der Waals surface area contributed by atoms with Crippen molar-refractivity contribution in [1.29, 1.82) is 0 Å². The highest BCUT2D eigenvalue weighted by Gasteiger charge is 2.17. The summed E-state index contributed by atoms with van der Waals surface area (Å²) in [5.41, 5.74) is 6.27. The largest absolute Gasteiger partial charge is 0.306 e. The van der Waals surface area contributed by atoms with E-state index >= 15 is 0 Å². The number of pyridine rings is 1. The Kier molecular flexibility index (Phi) is 5.39. The fourth-order valence-corrected chi connectivity index (χ4v) is 2.76. The van der Waals surface area contributed by atoms with Crippen molar-refractivity contribution in [3.05, 3.63) is 66.0 Å². The van der Waals surface area contributed by atoms with E-state index in [-0.39, 0.29) is 5.54 Å². The Morgan fingerprint density at radius 1 is 1.19 bits per heavy atom. The Labute approximate surface area is 158 Å². The fourth-order valence-electron chi connectivity index (χ4n) is 2.76. The molecule has 0 aliphatic carbocycles. The van der Waals surface area contributed by atoms with Gasteiger partial charge in [0.2, 0.25) is 0 Å². The number of rotatable bonds is 5. The topological polar surface area (TPSA) is 78.7 Å². The van der Waals surface area contributed by atoms with Gasteiger partial charge in [0, 0.05) is 29.9 Å². The van der Waals surface area contributed by atoms with E-state index in [1.165, 1.54) is 6.08 Å². The van der Waals surface area contributed by atoms with Gasteiger partial charge in [-0.25, -0.2) is 10.5 Å². The molecule has 0 radical (unpaired) electrons. The van der Waals surface area contributed by atoms with Gasteiger partial charge in [-0.3, -0.25) is 10.0 Å². The molecule has 6 heteroatoms. The third-order valence-corrected chi connectivity index (χ3v) is 4.11. The smallest absolute Gasteiger partial charge is 0.267 e. The summed E-state index contributed by atoms with van der Waals surface area (Å²) < 4.78 is 2.04. The quantitative estimate of drug-likeness (QED) is 0.368. The van der Waals surface area contributed by atoms with Crippen molar-refractivity contribution in [2.45, 2.75) is 32.9 Å². The average molecular weight is 364 g/mol. The Balaban J connectivity index is 2.08.